The Balaban J connectivity index is 1.96. The van der Waals surface area contributed by atoms with Gasteiger partial charge in [-0.1, -0.05) is 6.92 Å². The highest BCUT2D eigenvalue weighted by Crippen LogP contribution is 2.33. The van der Waals surface area contributed by atoms with Crippen molar-refractivity contribution in [2.75, 3.05) is 43.5 Å². The summed E-state index contributed by atoms with van der Waals surface area (Å²) >= 11 is 0. The number of imidazole rings is 1. The number of fused-ring (bicyclic) bond motifs is 1. The second-order valence-corrected chi connectivity index (χ2v) is 6.93. The SMILES string of the molecule is CCOc1nc2c(-c3cnc(N)nc3)nc(N3CCOCC3)nc2n1C(C)CC. The maximum Gasteiger partial charge on any atom is 0.298 e. The smallest absolute Gasteiger partial charge is 0.298 e. The molecule has 1 saturated heterocycles. The van der Waals surface area contributed by atoms with Crippen molar-refractivity contribution in [3.8, 4) is 17.3 Å². The van der Waals surface area contributed by atoms with Crippen molar-refractivity contribution in [1.82, 2.24) is 29.5 Å². The van der Waals surface area contributed by atoms with Gasteiger partial charge in [0.05, 0.1) is 19.8 Å². The Bertz CT molecular complexity index is 982. The minimum Gasteiger partial charge on any atom is -0.465 e. The zero-order chi connectivity index (χ0) is 20.4. The van der Waals surface area contributed by atoms with Crippen molar-refractivity contribution >= 4 is 23.1 Å². The molecule has 0 amide bonds. The lowest BCUT2D eigenvalue weighted by atomic mass is 10.2. The Hall–Kier alpha value is -3.01. The van der Waals surface area contributed by atoms with E-state index in [1.807, 2.05) is 11.5 Å². The van der Waals surface area contributed by atoms with Crippen LogP contribution in [0.15, 0.2) is 12.4 Å². The molecule has 1 fully saturated rings. The van der Waals surface area contributed by atoms with Crippen LogP contribution >= 0.6 is 0 Å². The van der Waals surface area contributed by atoms with Gasteiger partial charge in [0.25, 0.3) is 6.01 Å². The van der Waals surface area contributed by atoms with Gasteiger partial charge >= 0.3 is 0 Å². The van der Waals surface area contributed by atoms with E-state index >= 15 is 0 Å². The maximum absolute atomic E-state index is 5.84. The predicted octanol–water partition coefficient (Wildman–Crippen LogP) is 2.07. The van der Waals surface area contributed by atoms with Crippen LogP contribution in [0, 0.1) is 0 Å². The first kappa shape index (κ1) is 19.3. The zero-order valence-corrected chi connectivity index (χ0v) is 17.0. The summed E-state index contributed by atoms with van der Waals surface area (Å²) < 4.78 is 13.4. The number of nitrogens with zero attached hydrogens (tertiary/aromatic N) is 7. The number of aromatic nitrogens is 6. The van der Waals surface area contributed by atoms with Gasteiger partial charge in [0.2, 0.25) is 11.9 Å². The Kier molecular flexibility index (Phi) is 5.43. The molecule has 4 rings (SSSR count). The van der Waals surface area contributed by atoms with Gasteiger partial charge < -0.3 is 20.1 Å². The Morgan fingerprint density at radius 2 is 1.86 bits per heavy atom. The average molecular weight is 398 g/mol. The zero-order valence-electron chi connectivity index (χ0n) is 17.0. The molecule has 10 heteroatoms. The number of hydrogen-bond donors (Lipinski definition) is 1. The van der Waals surface area contributed by atoms with Crippen LogP contribution in [0.5, 0.6) is 6.01 Å². The summed E-state index contributed by atoms with van der Waals surface area (Å²) in [7, 11) is 0. The first-order valence-electron chi connectivity index (χ1n) is 9.95. The van der Waals surface area contributed by atoms with E-state index in [2.05, 4.69) is 28.7 Å². The number of rotatable bonds is 6. The van der Waals surface area contributed by atoms with Gasteiger partial charge in [-0.25, -0.2) is 15.0 Å². The van der Waals surface area contributed by atoms with E-state index in [1.165, 1.54) is 0 Å². The lowest BCUT2D eigenvalue weighted by molar-refractivity contribution is 0.122. The van der Waals surface area contributed by atoms with Crippen LogP contribution < -0.4 is 15.4 Å². The molecule has 4 heterocycles. The molecular weight excluding hydrogens is 372 g/mol. The highest BCUT2D eigenvalue weighted by atomic mass is 16.5. The third kappa shape index (κ3) is 3.67. The molecule has 0 aliphatic carbocycles. The molecular formula is C19H26N8O2. The molecule has 0 spiro atoms. The van der Waals surface area contributed by atoms with Gasteiger partial charge in [-0.2, -0.15) is 9.97 Å². The molecule has 1 aliphatic heterocycles. The first-order valence-corrected chi connectivity index (χ1v) is 9.95. The van der Waals surface area contributed by atoms with Crippen molar-refractivity contribution in [1.29, 1.82) is 0 Å². The molecule has 1 atom stereocenters. The molecule has 10 nitrogen and oxygen atoms in total. The van der Waals surface area contributed by atoms with Crippen LogP contribution in [-0.4, -0.2) is 62.4 Å². The minimum absolute atomic E-state index is 0.171. The fraction of sp³-hybridized carbons (Fsp3) is 0.526. The summed E-state index contributed by atoms with van der Waals surface area (Å²) in [5.41, 5.74) is 8.48. The van der Waals surface area contributed by atoms with E-state index in [4.69, 9.17) is 30.2 Å². The van der Waals surface area contributed by atoms with E-state index in [0.29, 0.717) is 43.0 Å². The largest absolute Gasteiger partial charge is 0.465 e. The van der Waals surface area contributed by atoms with Crippen molar-refractivity contribution in [3.63, 3.8) is 0 Å². The highest BCUT2D eigenvalue weighted by Gasteiger charge is 2.25. The van der Waals surface area contributed by atoms with Gasteiger partial charge in [0.15, 0.2) is 5.65 Å². The van der Waals surface area contributed by atoms with E-state index < -0.39 is 0 Å². The molecule has 3 aromatic heterocycles. The van der Waals surface area contributed by atoms with Crippen molar-refractivity contribution in [2.45, 2.75) is 33.2 Å². The van der Waals surface area contributed by atoms with Crippen LogP contribution in [0.25, 0.3) is 22.4 Å². The van der Waals surface area contributed by atoms with E-state index in [0.717, 1.165) is 30.7 Å². The molecule has 29 heavy (non-hydrogen) atoms. The van der Waals surface area contributed by atoms with Crippen molar-refractivity contribution in [3.05, 3.63) is 12.4 Å². The summed E-state index contributed by atoms with van der Waals surface area (Å²) in [6.45, 7) is 9.49. The van der Waals surface area contributed by atoms with Crippen LogP contribution in [0.4, 0.5) is 11.9 Å². The molecule has 0 saturated carbocycles. The molecule has 1 unspecified atom stereocenters. The Morgan fingerprint density at radius 3 is 2.52 bits per heavy atom. The van der Waals surface area contributed by atoms with Gasteiger partial charge in [-0.3, -0.25) is 4.57 Å². The van der Waals surface area contributed by atoms with Crippen LogP contribution in [0.1, 0.15) is 33.2 Å². The van der Waals surface area contributed by atoms with Crippen LogP contribution in [0.2, 0.25) is 0 Å². The third-order valence-corrected chi connectivity index (χ3v) is 5.04. The minimum atomic E-state index is 0.171. The van der Waals surface area contributed by atoms with Crippen molar-refractivity contribution in [2.24, 2.45) is 0 Å². The van der Waals surface area contributed by atoms with Crippen LogP contribution in [-0.2, 0) is 4.74 Å². The van der Waals surface area contributed by atoms with Gasteiger partial charge in [-0.15, -0.1) is 0 Å². The highest BCUT2D eigenvalue weighted by molar-refractivity contribution is 5.89. The summed E-state index contributed by atoms with van der Waals surface area (Å²) in [4.78, 5) is 24.8. The number of hydrogen-bond acceptors (Lipinski definition) is 9. The predicted molar refractivity (Wildman–Crippen MR) is 110 cm³/mol. The van der Waals surface area contributed by atoms with Crippen LogP contribution in [0.3, 0.4) is 0 Å². The Labute approximate surface area is 169 Å². The normalized spacial score (nSPS) is 15.6. The second kappa shape index (κ2) is 8.16. The Morgan fingerprint density at radius 1 is 1.14 bits per heavy atom. The quantitative estimate of drug-likeness (QED) is 0.666. The topological polar surface area (TPSA) is 117 Å². The standard InChI is InChI=1S/C19H26N8O2/c1-4-12(3)27-16-15(24-19(27)29-5-2)14(13-10-21-17(20)22-11-13)23-18(25-16)26-6-8-28-9-7-26/h10-12H,4-9H2,1-3H3,(H2,20,21,22). The van der Waals surface area contributed by atoms with Gasteiger partial charge in [0.1, 0.15) is 11.2 Å². The molecule has 0 bridgehead atoms. The molecule has 154 valence electrons. The maximum atomic E-state index is 5.84. The number of ether oxygens (including phenoxy) is 2. The monoisotopic (exact) mass is 398 g/mol. The second-order valence-electron chi connectivity index (χ2n) is 6.93. The first-order chi connectivity index (χ1) is 14.1. The number of anilines is 2. The fourth-order valence-electron chi connectivity index (χ4n) is 3.32. The third-order valence-electron chi connectivity index (χ3n) is 5.04. The number of morpholine rings is 1. The molecule has 0 aromatic carbocycles. The number of nitrogens with two attached hydrogens (primary N) is 1. The molecule has 1 aliphatic rings. The molecule has 2 N–H and O–H groups in total. The summed E-state index contributed by atoms with van der Waals surface area (Å²) in [6.07, 6.45) is 4.24. The average Bonchev–Trinajstić information content (AvgIpc) is 3.12. The lowest BCUT2D eigenvalue weighted by Crippen LogP contribution is -2.37. The van der Waals surface area contributed by atoms with E-state index in [9.17, 15) is 0 Å². The molecule has 3 aromatic rings. The summed E-state index contributed by atoms with van der Waals surface area (Å²) in [6, 6.07) is 0.715. The van der Waals surface area contributed by atoms with Crippen molar-refractivity contribution < 1.29 is 9.47 Å². The van der Waals surface area contributed by atoms with Gasteiger partial charge in [-0.05, 0) is 20.3 Å². The molecule has 0 radical (unpaired) electrons. The van der Waals surface area contributed by atoms with E-state index in [-0.39, 0.29) is 12.0 Å². The summed E-state index contributed by atoms with van der Waals surface area (Å²) in [5.74, 6) is 0.854. The van der Waals surface area contributed by atoms with Gasteiger partial charge in [0, 0.05) is 37.1 Å². The lowest BCUT2D eigenvalue weighted by Gasteiger charge is -2.27. The number of nitrogen functional groups attached to an aromatic ring is 1. The summed E-state index contributed by atoms with van der Waals surface area (Å²) in [5, 5.41) is 0. The fourth-order valence-corrected chi connectivity index (χ4v) is 3.32. The van der Waals surface area contributed by atoms with E-state index in [1.54, 1.807) is 12.4 Å².